The van der Waals surface area contributed by atoms with Crippen LogP contribution in [0.25, 0.3) is 10.8 Å². The third kappa shape index (κ3) is 4.50. The van der Waals surface area contributed by atoms with Crippen LogP contribution in [-0.4, -0.2) is 32.5 Å². The fraction of sp³-hybridized carbons (Fsp3) is 0. The van der Waals surface area contributed by atoms with Crippen LogP contribution in [0.5, 0.6) is 0 Å². The minimum atomic E-state index is -0.527. The van der Waals surface area contributed by atoms with Gasteiger partial charge in [-0.3, -0.25) is 20.2 Å². The molecule has 0 saturated heterocycles. The first-order valence-corrected chi connectivity index (χ1v) is 9.81. The molecule has 1 aromatic heterocycles. The number of hydrogen-bond donors (Lipinski definition) is 1. The average molecular weight is 456 g/mol. The van der Waals surface area contributed by atoms with Gasteiger partial charge in [-0.25, -0.2) is 0 Å². The number of rotatable bonds is 7. The van der Waals surface area contributed by atoms with Gasteiger partial charge in [0.2, 0.25) is 5.82 Å². The number of nitro groups is 2. The van der Waals surface area contributed by atoms with Crippen molar-refractivity contribution in [1.82, 2.24) is 10.2 Å². The molecule has 0 unspecified atom stereocenters. The number of para-hydroxylation sites is 2. The van der Waals surface area contributed by atoms with Crippen molar-refractivity contribution >= 4 is 46.2 Å². The zero-order valence-electron chi connectivity index (χ0n) is 17.4. The van der Waals surface area contributed by atoms with Crippen LogP contribution in [0.1, 0.15) is 11.1 Å². The Kier molecular flexibility index (Phi) is 6.12. The summed E-state index contributed by atoms with van der Waals surface area (Å²) in [6, 6.07) is 19.1. The number of nitrogens with two attached hydrogens (primary N) is 1. The van der Waals surface area contributed by atoms with E-state index in [0.29, 0.717) is 10.8 Å². The molecular formula is C22H16N8O4. The van der Waals surface area contributed by atoms with Crippen LogP contribution in [0.15, 0.2) is 83.0 Å². The van der Waals surface area contributed by atoms with E-state index >= 15 is 0 Å². The van der Waals surface area contributed by atoms with Crippen molar-refractivity contribution < 1.29 is 9.85 Å². The molecule has 0 radical (unpaired) electrons. The SMILES string of the molecule is Nc1nnc(N(N=Cc2ccccc2[N+](=O)[O-])N=Cc2ccccc2[N+](=O)[O-])c2ccccc12. The minimum absolute atomic E-state index is 0.151. The van der Waals surface area contributed by atoms with E-state index in [2.05, 4.69) is 20.4 Å². The van der Waals surface area contributed by atoms with E-state index in [1.165, 1.54) is 36.7 Å². The monoisotopic (exact) mass is 456 g/mol. The van der Waals surface area contributed by atoms with E-state index in [1.807, 2.05) is 0 Å². The first-order valence-electron chi connectivity index (χ1n) is 9.81. The first kappa shape index (κ1) is 22.0. The maximum absolute atomic E-state index is 11.4. The van der Waals surface area contributed by atoms with E-state index < -0.39 is 9.85 Å². The second kappa shape index (κ2) is 9.48. The summed E-state index contributed by atoms with van der Waals surface area (Å²) in [5, 5.41) is 41.6. The van der Waals surface area contributed by atoms with Crippen molar-refractivity contribution in [2.45, 2.75) is 0 Å². The Morgan fingerprint density at radius 3 is 1.74 bits per heavy atom. The standard InChI is InChI=1S/C22H16N8O4/c23-21-17-9-3-4-10-18(17)22(27-26-21)28(24-13-15-7-1-5-11-19(15)29(31)32)25-14-16-8-2-6-12-20(16)30(33)34/h1-14H,(H2,23,26). The highest BCUT2D eigenvalue weighted by Gasteiger charge is 2.16. The summed E-state index contributed by atoms with van der Waals surface area (Å²) in [4.78, 5) is 21.7. The van der Waals surface area contributed by atoms with Crippen molar-refractivity contribution in [3.05, 3.63) is 104 Å². The summed E-state index contributed by atoms with van der Waals surface area (Å²) in [7, 11) is 0. The van der Waals surface area contributed by atoms with E-state index in [9.17, 15) is 20.2 Å². The van der Waals surface area contributed by atoms with E-state index in [1.54, 1.807) is 48.5 Å². The van der Waals surface area contributed by atoms with Crippen LogP contribution in [-0.2, 0) is 0 Å². The Bertz CT molecular complexity index is 1390. The largest absolute Gasteiger partial charge is 0.382 e. The summed E-state index contributed by atoms with van der Waals surface area (Å²) >= 11 is 0. The van der Waals surface area contributed by atoms with Gasteiger partial charge in [0.1, 0.15) is 0 Å². The number of nitrogen functional groups attached to an aromatic ring is 1. The number of nitrogens with zero attached hydrogens (tertiary/aromatic N) is 7. The smallest absolute Gasteiger partial charge is 0.278 e. The molecule has 0 aliphatic carbocycles. The summed E-state index contributed by atoms with van der Waals surface area (Å²) in [6.45, 7) is 0. The van der Waals surface area contributed by atoms with Gasteiger partial charge in [0.15, 0.2) is 5.82 Å². The lowest BCUT2D eigenvalue weighted by Gasteiger charge is -2.14. The predicted molar refractivity (Wildman–Crippen MR) is 128 cm³/mol. The molecule has 3 aromatic carbocycles. The number of benzene rings is 3. The fourth-order valence-electron chi connectivity index (χ4n) is 3.16. The second-order valence-corrected chi connectivity index (χ2v) is 6.86. The molecule has 0 aliphatic heterocycles. The van der Waals surface area contributed by atoms with Gasteiger partial charge in [-0.05, 0) is 12.1 Å². The molecule has 0 spiro atoms. The van der Waals surface area contributed by atoms with Crippen LogP contribution in [0.4, 0.5) is 23.0 Å². The lowest BCUT2D eigenvalue weighted by atomic mass is 10.2. The molecule has 1 heterocycles. The van der Waals surface area contributed by atoms with Crippen molar-refractivity contribution in [2.24, 2.45) is 10.2 Å². The Hall–Kier alpha value is -5.26. The number of hydrazone groups is 2. The quantitative estimate of drug-likeness (QED) is 0.248. The van der Waals surface area contributed by atoms with Crippen molar-refractivity contribution in [3.8, 4) is 0 Å². The molecule has 4 rings (SSSR count). The molecular weight excluding hydrogens is 440 g/mol. The highest BCUT2D eigenvalue weighted by atomic mass is 16.6. The van der Waals surface area contributed by atoms with E-state index in [0.717, 1.165) is 5.12 Å². The van der Waals surface area contributed by atoms with Gasteiger partial charge < -0.3 is 5.73 Å². The molecule has 0 amide bonds. The maximum atomic E-state index is 11.4. The Morgan fingerprint density at radius 1 is 0.735 bits per heavy atom. The average Bonchev–Trinajstić information content (AvgIpc) is 2.85. The van der Waals surface area contributed by atoms with E-state index in [4.69, 9.17) is 5.73 Å². The Morgan fingerprint density at radius 2 is 1.21 bits per heavy atom. The van der Waals surface area contributed by atoms with Gasteiger partial charge >= 0.3 is 0 Å². The number of hydrogen-bond acceptors (Lipinski definition) is 10. The summed E-state index contributed by atoms with van der Waals surface area (Å²) in [5.41, 5.74) is 6.10. The molecule has 34 heavy (non-hydrogen) atoms. The second-order valence-electron chi connectivity index (χ2n) is 6.86. The van der Waals surface area contributed by atoms with Gasteiger partial charge in [0.05, 0.1) is 33.4 Å². The van der Waals surface area contributed by atoms with Gasteiger partial charge in [0, 0.05) is 22.9 Å². The van der Waals surface area contributed by atoms with Gasteiger partial charge in [-0.1, -0.05) is 48.5 Å². The molecule has 0 aliphatic rings. The topological polar surface area (TPSA) is 166 Å². The number of anilines is 2. The predicted octanol–water partition coefficient (Wildman–Crippen LogP) is 3.90. The van der Waals surface area contributed by atoms with Crippen LogP contribution in [0.3, 0.4) is 0 Å². The van der Waals surface area contributed by atoms with Crippen LogP contribution in [0, 0.1) is 20.2 Å². The van der Waals surface area contributed by atoms with Gasteiger partial charge in [-0.2, -0.15) is 10.2 Å². The summed E-state index contributed by atoms with van der Waals surface area (Å²) < 4.78 is 0. The number of nitro benzene ring substituents is 2. The zero-order chi connectivity index (χ0) is 24.1. The number of fused-ring (bicyclic) bond motifs is 1. The van der Waals surface area contributed by atoms with Crippen LogP contribution in [0.2, 0.25) is 0 Å². The molecule has 12 heteroatoms. The minimum Gasteiger partial charge on any atom is -0.382 e. The van der Waals surface area contributed by atoms with Crippen molar-refractivity contribution in [1.29, 1.82) is 0 Å². The Balaban J connectivity index is 1.84. The Labute approximate surface area is 192 Å². The van der Waals surface area contributed by atoms with Crippen LogP contribution < -0.4 is 10.9 Å². The lowest BCUT2D eigenvalue weighted by molar-refractivity contribution is -0.385. The maximum Gasteiger partial charge on any atom is 0.278 e. The summed E-state index contributed by atoms with van der Waals surface area (Å²) in [6.07, 6.45) is 2.50. The zero-order valence-corrected chi connectivity index (χ0v) is 17.4. The highest BCUT2D eigenvalue weighted by molar-refractivity contribution is 5.98. The summed E-state index contributed by atoms with van der Waals surface area (Å²) in [5.74, 6) is 0.374. The molecule has 0 saturated carbocycles. The van der Waals surface area contributed by atoms with Crippen LogP contribution >= 0.6 is 0 Å². The van der Waals surface area contributed by atoms with Gasteiger partial charge in [-0.15, -0.1) is 15.3 Å². The van der Waals surface area contributed by atoms with Gasteiger partial charge in [0.25, 0.3) is 11.4 Å². The fourth-order valence-corrected chi connectivity index (χ4v) is 3.16. The molecule has 2 N–H and O–H groups in total. The third-order valence-electron chi connectivity index (χ3n) is 4.77. The lowest BCUT2D eigenvalue weighted by Crippen LogP contribution is -2.13. The molecule has 0 bridgehead atoms. The highest BCUT2D eigenvalue weighted by Crippen LogP contribution is 2.28. The normalized spacial score (nSPS) is 11.3. The molecule has 0 atom stereocenters. The molecule has 12 nitrogen and oxygen atoms in total. The third-order valence-corrected chi connectivity index (χ3v) is 4.77. The first-order chi connectivity index (χ1) is 16.5. The van der Waals surface area contributed by atoms with E-state index in [-0.39, 0.29) is 34.1 Å². The molecule has 4 aromatic rings. The number of aromatic nitrogens is 2. The van der Waals surface area contributed by atoms with Crippen molar-refractivity contribution in [3.63, 3.8) is 0 Å². The molecule has 168 valence electrons. The van der Waals surface area contributed by atoms with Crippen molar-refractivity contribution in [2.75, 3.05) is 10.9 Å². The molecule has 0 fully saturated rings.